The maximum atomic E-state index is 10.9. The first-order chi connectivity index (χ1) is 9.50. The largest absolute Gasteiger partial charge is 0.480 e. The van der Waals surface area contributed by atoms with E-state index in [1.165, 1.54) is 32.7 Å². The zero-order chi connectivity index (χ0) is 15.0. The number of hydrogen-bond acceptors (Lipinski definition) is 4. The lowest BCUT2D eigenvalue weighted by molar-refractivity contribution is -0.141. The van der Waals surface area contributed by atoms with Gasteiger partial charge in [0.05, 0.1) is 0 Å². The second kappa shape index (κ2) is 8.92. The second-order valence-corrected chi connectivity index (χ2v) is 5.53. The molecule has 0 spiro atoms. The summed E-state index contributed by atoms with van der Waals surface area (Å²) in [5.74, 6) is -1.32. The highest BCUT2D eigenvalue weighted by molar-refractivity contribution is 5.82. The van der Waals surface area contributed by atoms with Crippen LogP contribution in [-0.4, -0.2) is 60.1 Å². The van der Waals surface area contributed by atoms with Crippen molar-refractivity contribution in [3.05, 3.63) is 0 Å². The average Bonchev–Trinajstić information content (AvgIpc) is 2.38. The van der Waals surface area contributed by atoms with E-state index in [9.17, 15) is 9.59 Å². The van der Waals surface area contributed by atoms with E-state index in [0.717, 1.165) is 19.5 Å². The van der Waals surface area contributed by atoms with Crippen molar-refractivity contribution in [3.8, 4) is 0 Å². The SMILES string of the molecule is CC(=O)NC(CNCCCN1CCCCC1C)C(=O)O. The van der Waals surface area contributed by atoms with Crippen LogP contribution in [0.3, 0.4) is 0 Å². The van der Waals surface area contributed by atoms with Crippen LogP contribution in [-0.2, 0) is 9.59 Å². The highest BCUT2D eigenvalue weighted by atomic mass is 16.4. The topological polar surface area (TPSA) is 81.7 Å². The Bertz CT molecular complexity index is 323. The maximum Gasteiger partial charge on any atom is 0.327 e. The van der Waals surface area contributed by atoms with E-state index in [1.807, 2.05) is 0 Å². The van der Waals surface area contributed by atoms with Crippen molar-refractivity contribution in [2.45, 2.75) is 51.6 Å². The summed E-state index contributed by atoms with van der Waals surface area (Å²) < 4.78 is 0. The van der Waals surface area contributed by atoms with E-state index in [2.05, 4.69) is 22.5 Å². The Morgan fingerprint density at radius 2 is 2.15 bits per heavy atom. The number of aliphatic carboxylic acids is 1. The Morgan fingerprint density at radius 3 is 2.75 bits per heavy atom. The van der Waals surface area contributed by atoms with Crippen LogP contribution in [0.5, 0.6) is 0 Å². The molecule has 116 valence electrons. The summed E-state index contributed by atoms with van der Waals surface area (Å²) >= 11 is 0. The molecule has 6 heteroatoms. The Morgan fingerprint density at radius 1 is 1.40 bits per heavy atom. The quantitative estimate of drug-likeness (QED) is 0.563. The van der Waals surface area contributed by atoms with Gasteiger partial charge in [0.2, 0.25) is 5.91 Å². The number of hydrogen-bond donors (Lipinski definition) is 3. The van der Waals surface area contributed by atoms with E-state index in [-0.39, 0.29) is 12.5 Å². The number of piperidine rings is 1. The number of amides is 1. The minimum atomic E-state index is -1.00. The molecule has 0 bridgehead atoms. The molecule has 20 heavy (non-hydrogen) atoms. The van der Waals surface area contributed by atoms with Crippen molar-refractivity contribution in [1.82, 2.24) is 15.5 Å². The third kappa shape index (κ3) is 6.34. The van der Waals surface area contributed by atoms with Crippen LogP contribution in [0, 0.1) is 0 Å². The lowest BCUT2D eigenvalue weighted by atomic mass is 10.0. The van der Waals surface area contributed by atoms with Crippen molar-refractivity contribution >= 4 is 11.9 Å². The molecule has 0 aromatic heterocycles. The van der Waals surface area contributed by atoms with Crippen LogP contribution in [0.2, 0.25) is 0 Å². The first-order valence-electron chi connectivity index (χ1n) is 7.45. The lowest BCUT2D eigenvalue weighted by Crippen LogP contribution is -2.47. The molecule has 1 heterocycles. The van der Waals surface area contributed by atoms with Gasteiger partial charge < -0.3 is 20.6 Å². The van der Waals surface area contributed by atoms with E-state index < -0.39 is 12.0 Å². The van der Waals surface area contributed by atoms with Crippen LogP contribution < -0.4 is 10.6 Å². The average molecular weight is 285 g/mol. The predicted octanol–water partition coefficient (Wildman–Crippen LogP) is 0.430. The molecule has 1 fully saturated rings. The Hall–Kier alpha value is -1.14. The molecule has 0 aliphatic carbocycles. The second-order valence-electron chi connectivity index (χ2n) is 5.53. The predicted molar refractivity (Wildman–Crippen MR) is 77.6 cm³/mol. The van der Waals surface area contributed by atoms with Gasteiger partial charge in [0, 0.05) is 19.5 Å². The van der Waals surface area contributed by atoms with E-state index in [4.69, 9.17) is 5.11 Å². The van der Waals surface area contributed by atoms with Crippen LogP contribution >= 0.6 is 0 Å². The molecule has 1 rings (SSSR count). The van der Waals surface area contributed by atoms with Gasteiger partial charge in [0.25, 0.3) is 0 Å². The first kappa shape index (κ1) is 16.9. The first-order valence-corrected chi connectivity index (χ1v) is 7.45. The summed E-state index contributed by atoms with van der Waals surface area (Å²) in [6.07, 6.45) is 4.88. The van der Waals surface area contributed by atoms with Gasteiger partial charge in [-0.15, -0.1) is 0 Å². The summed E-state index contributed by atoms with van der Waals surface area (Å²) in [7, 11) is 0. The fourth-order valence-corrected chi connectivity index (χ4v) is 2.59. The number of carbonyl (C=O) groups excluding carboxylic acids is 1. The maximum absolute atomic E-state index is 10.9. The molecule has 3 N–H and O–H groups in total. The van der Waals surface area contributed by atoms with Gasteiger partial charge in [-0.05, 0) is 45.8 Å². The van der Waals surface area contributed by atoms with Gasteiger partial charge in [-0.3, -0.25) is 4.79 Å². The molecule has 1 saturated heterocycles. The zero-order valence-corrected chi connectivity index (χ0v) is 12.5. The minimum Gasteiger partial charge on any atom is -0.480 e. The van der Waals surface area contributed by atoms with E-state index >= 15 is 0 Å². The van der Waals surface area contributed by atoms with E-state index in [0.29, 0.717) is 6.04 Å². The molecule has 1 aliphatic rings. The summed E-state index contributed by atoms with van der Waals surface area (Å²) in [6.45, 7) is 6.85. The molecule has 1 amide bonds. The molecule has 1 aliphatic heterocycles. The minimum absolute atomic E-state index is 0.268. The number of likely N-dealkylation sites (tertiary alicyclic amines) is 1. The molecule has 6 nitrogen and oxygen atoms in total. The molecule has 0 radical (unpaired) electrons. The number of carboxylic acids is 1. The van der Waals surface area contributed by atoms with Gasteiger partial charge in [-0.1, -0.05) is 6.42 Å². The monoisotopic (exact) mass is 285 g/mol. The number of nitrogens with one attached hydrogen (secondary N) is 2. The van der Waals surface area contributed by atoms with Crippen molar-refractivity contribution in [1.29, 1.82) is 0 Å². The number of nitrogens with zero attached hydrogens (tertiary/aromatic N) is 1. The standard InChI is InChI=1S/C14H27N3O3/c1-11-6-3-4-8-17(11)9-5-7-15-10-13(14(19)20)16-12(2)18/h11,13,15H,3-10H2,1-2H3,(H,16,18)(H,19,20). The van der Waals surface area contributed by atoms with Crippen LogP contribution in [0.25, 0.3) is 0 Å². The van der Waals surface area contributed by atoms with Crippen LogP contribution in [0.4, 0.5) is 0 Å². The van der Waals surface area contributed by atoms with Gasteiger partial charge in [-0.2, -0.15) is 0 Å². The van der Waals surface area contributed by atoms with Crippen molar-refractivity contribution in [2.75, 3.05) is 26.2 Å². The molecule has 2 atom stereocenters. The Kier molecular flexibility index (Phi) is 7.54. The summed E-state index contributed by atoms with van der Waals surface area (Å²) in [5.41, 5.74) is 0. The summed E-state index contributed by atoms with van der Waals surface area (Å²) in [6, 6.07) is -0.184. The molecule has 2 unspecified atom stereocenters. The summed E-state index contributed by atoms with van der Waals surface area (Å²) in [4.78, 5) is 24.3. The Labute approximate surface area is 120 Å². The molecule has 0 aromatic rings. The smallest absolute Gasteiger partial charge is 0.327 e. The van der Waals surface area contributed by atoms with Crippen molar-refractivity contribution < 1.29 is 14.7 Å². The van der Waals surface area contributed by atoms with Crippen molar-refractivity contribution in [2.24, 2.45) is 0 Å². The van der Waals surface area contributed by atoms with Crippen molar-refractivity contribution in [3.63, 3.8) is 0 Å². The normalized spacial score (nSPS) is 21.4. The lowest BCUT2D eigenvalue weighted by Gasteiger charge is -2.33. The van der Waals surface area contributed by atoms with Gasteiger partial charge in [0.1, 0.15) is 6.04 Å². The summed E-state index contributed by atoms with van der Waals surface area (Å²) in [5, 5.41) is 14.5. The number of rotatable bonds is 8. The molecule has 0 saturated carbocycles. The number of carboxylic acid groups (broad SMARTS) is 1. The van der Waals surface area contributed by atoms with Gasteiger partial charge >= 0.3 is 5.97 Å². The Balaban J connectivity index is 2.13. The molecular weight excluding hydrogens is 258 g/mol. The third-order valence-electron chi connectivity index (χ3n) is 3.76. The molecular formula is C14H27N3O3. The number of carbonyl (C=O) groups is 2. The zero-order valence-electron chi connectivity index (χ0n) is 12.5. The molecule has 0 aromatic carbocycles. The highest BCUT2D eigenvalue weighted by Crippen LogP contribution is 2.15. The van der Waals surface area contributed by atoms with Crippen LogP contribution in [0.15, 0.2) is 0 Å². The van der Waals surface area contributed by atoms with Crippen LogP contribution in [0.1, 0.15) is 39.5 Å². The van der Waals surface area contributed by atoms with Gasteiger partial charge in [0.15, 0.2) is 0 Å². The fourth-order valence-electron chi connectivity index (χ4n) is 2.59. The third-order valence-corrected chi connectivity index (χ3v) is 3.76. The highest BCUT2D eigenvalue weighted by Gasteiger charge is 2.18. The van der Waals surface area contributed by atoms with E-state index in [1.54, 1.807) is 0 Å². The fraction of sp³-hybridized carbons (Fsp3) is 0.857. The van der Waals surface area contributed by atoms with Gasteiger partial charge in [-0.25, -0.2) is 4.79 Å².